The summed E-state index contributed by atoms with van der Waals surface area (Å²) in [5, 5.41) is 0. The van der Waals surface area contributed by atoms with Crippen molar-refractivity contribution in [2.45, 2.75) is 60.3 Å². The van der Waals surface area contributed by atoms with E-state index < -0.39 is 0 Å². The van der Waals surface area contributed by atoms with Gasteiger partial charge in [0.1, 0.15) is 0 Å². The molecule has 4 atom stereocenters. The summed E-state index contributed by atoms with van der Waals surface area (Å²) in [4.78, 5) is 0. The summed E-state index contributed by atoms with van der Waals surface area (Å²) < 4.78 is 0. The third-order valence-electron chi connectivity index (χ3n) is 4.17. The Morgan fingerprint density at radius 3 is 2.07 bits per heavy atom. The molecule has 84 valence electrons. The lowest BCUT2D eigenvalue weighted by Crippen LogP contribution is -2.20. The third-order valence-corrected chi connectivity index (χ3v) is 4.17. The predicted octanol–water partition coefficient (Wildman–Crippen LogP) is 4.74. The van der Waals surface area contributed by atoms with Crippen LogP contribution in [-0.2, 0) is 0 Å². The molecule has 14 heavy (non-hydrogen) atoms. The maximum absolute atomic E-state index is 2.45. The van der Waals surface area contributed by atoms with Gasteiger partial charge < -0.3 is 0 Å². The van der Waals surface area contributed by atoms with E-state index in [4.69, 9.17) is 0 Å². The first-order valence-electron chi connectivity index (χ1n) is 6.54. The molecule has 0 aromatic rings. The van der Waals surface area contributed by atoms with E-state index in [1.807, 2.05) is 0 Å². The zero-order chi connectivity index (χ0) is 10.7. The molecule has 0 heteroatoms. The predicted molar refractivity (Wildman–Crippen MR) is 64.3 cm³/mol. The largest absolute Gasteiger partial charge is 0.0651 e. The summed E-state index contributed by atoms with van der Waals surface area (Å²) in [5.41, 5.74) is 0. The number of rotatable bonds is 2. The van der Waals surface area contributed by atoms with Gasteiger partial charge in [-0.05, 0) is 48.9 Å². The highest BCUT2D eigenvalue weighted by atomic mass is 14.4. The Labute approximate surface area is 90.5 Å². The molecule has 0 heterocycles. The number of hydrogen-bond donors (Lipinski definition) is 0. The van der Waals surface area contributed by atoms with E-state index in [1.54, 1.807) is 0 Å². The quantitative estimate of drug-likeness (QED) is 0.560. The Kier molecular flexibility index (Phi) is 4.47. The molecule has 1 aliphatic carbocycles. The first kappa shape index (κ1) is 12.1. The second kappa shape index (κ2) is 5.19. The summed E-state index contributed by atoms with van der Waals surface area (Å²) in [6.45, 7) is 12.1. The van der Waals surface area contributed by atoms with Crippen molar-refractivity contribution in [2.75, 3.05) is 0 Å². The number of hydrogen-bond acceptors (Lipinski definition) is 0. The average molecular weight is 196 g/mol. The van der Waals surface area contributed by atoms with Crippen LogP contribution in [0.4, 0.5) is 0 Å². The van der Waals surface area contributed by atoms with E-state index in [0.717, 1.165) is 29.6 Å². The van der Waals surface area contributed by atoms with E-state index in [9.17, 15) is 0 Å². The summed E-state index contributed by atoms with van der Waals surface area (Å²) in [6, 6.07) is 0. The van der Waals surface area contributed by atoms with Gasteiger partial charge in [-0.2, -0.15) is 0 Å². The smallest absolute Gasteiger partial charge is 0.0360 e. The lowest BCUT2D eigenvalue weighted by molar-refractivity contribution is 0.212. The maximum atomic E-state index is 2.45. The topological polar surface area (TPSA) is 0 Å². The van der Waals surface area contributed by atoms with E-state index in [0.29, 0.717) is 0 Å². The molecule has 1 fully saturated rings. The van der Waals surface area contributed by atoms with E-state index in [1.165, 1.54) is 25.7 Å². The molecule has 4 unspecified atom stereocenters. The lowest BCUT2D eigenvalue weighted by atomic mass is 9.77. The molecule has 0 N–H and O–H groups in total. The molecule has 0 aromatic carbocycles. The van der Waals surface area contributed by atoms with Crippen molar-refractivity contribution in [3.8, 4) is 0 Å². The molecule has 1 saturated carbocycles. The van der Waals surface area contributed by atoms with Crippen molar-refractivity contribution in [1.29, 1.82) is 0 Å². The van der Waals surface area contributed by atoms with Gasteiger partial charge in [-0.15, -0.1) is 0 Å². The normalized spacial score (nSPS) is 39.9. The molecule has 1 aliphatic rings. The van der Waals surface area contributed by atoms with E-state index in [-0.39, 0.29) is 0 Å². The molecule has 0 bridgehead atoms. The van der Waals surface area contributed by atoms with Gasteiger partial charge in [-0.3, -0.25) is 0 Å². The molecular formula is C14H28. The Hall–Kier alpha value is 0. The molecule has 0 aliphatic heterocycles. The highest BCUT2D eigenvalue weighted by Gasteiger charge is 2.30. The van der Waals surface area contributed by atoms with Gasteiger partial charge >= 0.3 is 0 Å². The monoisotopic (exact) mass is 196 g/mol. The van der Waals surface area contributed by atoms with E-state index in [2.05, 4.69) is 34.6 Å². The highest BCUT2D eigenvalue weighted by molar-refractivity contribution is 4.80. The molecule has 0 spiro atoms. The van der Waals surface area contributed by atoms with Gasteiger partial charge in [0, 0.05) is 0 Å². The van der Waals surface area contributed by atoms with Gasteiger partial charge in [-0.25, -0.2) is 0 Å². The van der Waals surface area contributed by atoms with Crippen molar-refractivity contribution in [3.63, 3.8) is 0 Å². The van der Waals surface area contributed by atoms with Crippen molar-refractivity contribution < 1.29 is 0 Å². The first-order chi connectivity index (χ1) is 6.54. The zero-order valence-corrected chi connectivity index (χ0v) is 10.7. The molecule has 1 rings (SSSR count). The van der Waals surface area contributed by atoms with Crippen LogP contribution in [0.25, 0.3) is 0 Å². The Bertz CT molecular complexity index is 159. The summed E-state index contributed by atoms with van der Waals surface area (Å²) in [7, 11) is 0. The third kappa shape index (κ3) is 3.00. The van der Waals surface area contributed by atoms with Gasteiger partial charge in [0.2, 0.25) is 0 Å². The highest BCUT2D eigenvalue weighted by Crippen LogP contribution is 2.40. The van der Waals surface area contributed by atoms with Crippen LogP contribution in [0.1, 0.15) is 60.3 Å². The van der Waals surface area contributed by atoms with Crippen LogP contribution in [0.15, 0.2) is 0 Å². The first-order valence-corrected chi connectivity index (χ1v) is 6.54. The Morgan fingerprint density at radius 1 is 1.00 bits per heavy atom. The fourth-order valence-electron chi connectivity index (χ4n) is 3.51. The van der Waals surface area contributed by atoms with Crippen LogP contribution in [0.5, 0.6) is 0 Å². The van der Waals surface area contributed by atoms with Crippen LogP contribution >= 0.6 is 0 Å². The van der Waals surface area contributed by atoms with Crippen LogP contribution < -0.4 is 0 Å². The van der Waals surface area contributed by atoms with E-state index >= 15 is 0 Å². The molecule has 0 amide bonds. The zero-order valence-electron chi connectivity index (χ0n) is 10.7. The van der Waals surface area contributed by atoms with Gasteiger partial charge in [0.05, 0.1) is 0 Å². The van der Waals surface area contributed by atoms with Gasteiger partial charge in [0.15, 0.2) is 0 Å². The van der Waals surface area contributed by atoms with Crippen molar-refractivity contribution >= 4 is 0 Å². The van der Waals surface area contributed by atoms with Crippen molar-refractivity contribution in [3.05, 3.63) is 0 Å². The van der Waals surface area contributed by atoms with Crippen LogP contribution in [-0.4, -0.2) is 0 Å². The van der Waals surface area contributed by atoms with Crippen LogP contribution in [0.3, 0.4) is 0 Å². The Morgan fingerprint density at radius 2 is 1.57 bits per heavy atom. The lowest BCUT2D eigenvalue weighted by Gasteiger charge is -2.29. The molecule has 0 radical (unpaired) electrons. The maximum Gasteiger partial charge on any atom is -0.0360 e. The molecule has 0 saturated heterocycles. The van der Waals surface area contributed by atoms with Crippen molar-refractivity contribution in [2.24, 2.45) is 29.6 Å². The second-order valence-electron chi connectivity index (χ2n) is 5.99. The fraction of sp³-hybridized carbons (Fsp3) is 1.00. The van der Waals surface area contributed by atoms with Gasteiger partial charge in [-0.1, -0.05) is 41.0 Å². The standard InChI is InChI=1S/C14H28/c1-6-13-8-11(4)7-12(5)9-14(13)10(2)3/h10-14H,6-9H2,1-5H3. The second-order valence-corrected chi connectivity index (χ2v) is 5.99. The fourth-order valence-corrected chi connectivity index (χ4v) is 3.51. The Balaban J connectivity index is 2.69. The van der Waals surface area contributed by atoms with Crippen LogP contribution in [0, 0.1) is 29.6 Å². The average Bonchev–Trinajstić information content (AvgIpc) is 2.23. The SMILES string of the molecule is CCC1CC(C)CC(C)CC1C(C)C. The summed E-state index contributed by atoms with van der Waals surface area (Å²) in [5.74, 6) is 4.77. The van der Waals surface area contributed by atoms with Crippen molar-refractivity contribution in [1.82, 2.24) is 0 Å². The van der Waals surface area contributed by atoms with Crippen LogP contribution in [0.2, 0.25) is 0 Å². The molecule has 0 nitrogen and oxygen atoms in total. The summed E-state index contributed by atoms with van der Waals surface area (Å²) in [6.07, 6.45) is 5.80. The molecular weight excluding hydrogens is 168 g/mol. The molecule has 0 aromatic heterocycles. The minimum absolute atomic E-state index is 0.882. The minimum Gasteiger partial charge on any atom is -0.0651 e. The summed E-state index contributed by atoms with van der Waals surface area (Å²) >= 11 is 0. The minimum atomic E-state index is 0.882. The van der Waals surface area contributed by atoms with Gasteiger partial charge in [0.25, 0.3) is 0 Å².